The Morgan fingerprint density at radius 1 is 1.12 bits per heavy atom. The van der Waals surface area contributed by atoms with Crippen molar-refractivity contribution < 1.29 is 9.18 Å². The molecular formula is C26H28FN3OS. The van der Waals surface area contributed by atoms with Gasteiger partial charge in [0.15, 0.2) is 5.17 Å². The Labute approximate surface area is 193 Å². The number of fused-ring (bicyclic) bond motifs is 1. The summed E-state index contributed by atoms with van der Waals surface area (Å²) in [4.78, 5) is 21.9. The maximum Gasteiger partial charge on any atom is 0.266 e. The molecule has 4 nitrogen and oxygen atoms in total. The first-order valence-electron chi connectivity index (χ1n) is 10.9. The average molecular weight is 450 g/mol. The third-order valence-corrected chi connectivity index (χ3v) is 6.89. The lowest BCUT2D eigenvalue weighted by atomic mass is 9.88. The highest BCUT2D eigenvalue weighted by Crippen LogP contribution is 2.41. The fourth-order valence-corrected chi connectivity index (χ4v) is 5.48. The van der Waals surface area contributed by atoms with Crippen molar-refractivity contribution in [2.45, 2.75) is 40.2 Å². The number of anilines is 1. The fraction of sp³-hybridized carbons (Fsp3) is 0.308. The number of likely N-dealkylation sites (N-methyl/N-ethyl adjacent to an activating group) is 2. The first-order valence-corrected chi connectivity index (χ1v) is 11.7. The van der Waals surface area contributed by atoms with Crippen LogP contribution >= 0.6 is 11.8 Å². The highest BCUT2D eigenvalue weighted by molar-refractivity contribution is 8.18. The minimum absolute atomic E-state index is 0.145. The zero-order valence-electron chi connectivity index (χ0n) is 19.1. The summed E-state index contributed by atoms with van der Waals surface area (Å²) in [6.45, 7) is 11.6. The van der Waals surface area contributed by atoms with Crippen molar-refractivity contribution in [2.24, 2.45) is 4.99 Å². The van der Waals surface area contributed by atoms with Gasteiger partial charge in [0.2, 0.25) is 0 Å². The Morgan fingerprint density at radius 2 is 1.84 bits per heavy atom. The second-order valence-corrected chi connectivity index (χ2v) is 9.52. The number of allylic oxidation sites excluding steroid dienone is 1. The van der Waals surface area contributed by atoms with Crippen LogP contribution in [-0.2, 0) is 4.79 Å². The van der Waals surface area contributed by atoms with Gasteiger partial charge in [-0.15, -0.1) is 0 Å². The van der Waals surface area contributed by atoms with Gasteiger partial charge >= 0.3 is 0 Å². The number of halogens is 1. The lowest BCUT2D eigenvalue weighted by molar-refractivity contribution is -0.122. The molecule has 2 aromatic rings. The van der Waals surface area contributed by atoms with Crippen LogP contribution in [-0.4, -0.2) is 34.6 Å². The van der Waals surface area contributed by atoms with E-state index >= 15 is 4.39 Å². The van der Waals surface area contributed by atoms with Crippen molar-refractivity contribution in [3.05, 3.63) is 70.4 Å². The van der Waals surface area contributed by atoms with Crippen molar-refractivity contribution in [3.63, 3.8) is 0 Å². The van der Waals surface area contributed by atoms with Gasteiger partial charge < -0.3 is 4.90 Å². The number of rotatable bonds is 4. The summed E-state index contributed by atoms with van der Waals surface area (Å²) in [5, 5.41) is 0.614. The van der Waals surface area contributed by atoms with Crippen LogP contribution in [0.1, 0.15) is 45.7 Å². The highest BCUT2D eigenvalue weighted by atomic mass is 32.2. The van der Waals surface area contributed by atoms with Crippen LogP contribution in [0, 0.1) is 5.82 Å². The first kappa shape index (κ1) is 22.3. The van der Waals surface area contributed by atoms with Gasteiger partial charge in [0.25, 0.3) is 5.91 Å². The molecule has 2 aromatic carbocycles. The SMILES string of the molecule is CCN1C(=O)/C(=C\c2cc3c(cc2F)N(CC)C(C)(C)C=C3C)SC1=Nc1ccccc1. The van der Waals surface area contributed by atoms with Gasteiger partial charge in [-0.05, 0) is 82.3 Å². The average Bonchev–Trinajstić information content (AvgIpc) is 3.03. The molecule has 0 radical (unpaired) electrons. The summed E-state index contributed by atoms with van der Waals surface area (Å²) < 4.78 is 15.2. The van der Waals surface area contributed by atoms with Crippen molar-refractivity contribution in [2.75, 3.05) is 18.0 Å². The molecule has 6 heteroatoms. The molecule has 0 N–H and O–H groups in total. The highest BCUT2D eigenvalue weighted by Gasteiger charge is 2.34. The molecular weight excluding hydrogens is 421 g/mol. The van der Waals surface area contributed by atoms with E-state index in [9.17, 15) is 4.79 Å². The summed E-state index contributed by atoms with van der Waals surface area (Å²) in [6.07, 6.45) is 3.87. The molecule has 0 aliphatic carbocycles. The van der Waals surface area contributed by atoms with Crippen molar-refractivity contribution in [3.8, 4) is 0 Å². The van der Waals surface area contributed by atoms with E-state index < -0.39 is 0 Å². The smallest absolute Gasteiger partial charge is 0.266 e. The van der Waals surface area contributed by atoms with Crippen LogP contribution in [0.4, 0.5) is 15.8 Å². The summed E-state index contributed by atoms with van der Waals surface area (Å²) in [5.74, 6) is -0.474. The summed E-state index contributed by atoms with van der Waals surface area (Å²) in [7, 11) is 0. The quantitative estimate of drug-likeness (QED) is 0.502. The number of thioether (sulfide) groups is 1. The Morgan fingerprint density at radius 3 is 2.50 bits per heavy atom. The monoisotopic (exact) mass is 449 g/mol. The Bertz CT molecular complexity index is 1150. The first-order chi connectivity index (χ1) is 15.2. The van der Waals surface area contributed by atoms with Gasteiger partial charge in [-0.25, -0.2) is 9.38 Å². The topological polar surface area (TPSA) is 35.9 Å². The molecule has 4 rings (SSSR count). The lowest BCUT2D eigenvalue weighted by Crippen LogP contribution is -2.45. The number of nitrogens with zero attached hydrogens (tertiary/aromatic N) is 3. The molecule has 0 bridgehead atoms. The molecule has 0 atom stereocenters. The van der Waals surface area contributed by atoms with Crippen molar-refractivity contribution in [1.29, 1.82) is 0 Å². The van der Waals surface area contributed by atoms with E-state index in [1.165, 1.54) is 11.8 Å². The van der Waals surface area contributed by atoms with Gasteiger partial charge in [0.1, 0.15) is 5.82 Å². The van der Waals surface area contributed by atoms with Gasteiger partial charge in [0, 0.05) is 29.9 Å². The van der Waals surface area contributed by atoms with Crippen LogP contribution in [0.15, 0.2) is 58.4 Å². The largest absolute Gasteiger partial charge is 0.363 e. The number of carbonyl (C=O) groups excluding carboxylic acids is 1. The number of benzene rings is 2. The zero-order chi connectivity index (χ0) is 23.0. The summed E-state index contributed by atoms with van der Waals surface area (Å²) >= 11 is 1.29. The number of amides is 1. The van der Waals surface area contributed by atoms with E-state index in [1.54, 1.807) is 17.0 Å². The van der Waals surface area contributed by atoms with Crippen molar-refractivity contribution >= 4 is 45.9 Å². The third-order valence-electron chi connectivity index (χ3n) is 5.88. The van der Waals surface area contributed by atoms with Crippen LogP contribution in [0.5, 0.6) is 0 Å². The second-order valence-electron chi connectivity index (χ2n) is 8.51. The molecule has 2 aliphatic rings. The van der Waals surface area contributed by atoms with Crippen LogP contribution in [0.2, 0.25) is 0 Å². The molecule has 32 heavy (non-hydrogen) atoms. The van der Waals surface area contributed by atoms with Gasteiger partial charge in [0.05, 0.1) is 16.1 Å². The maximum atomic E-state index is 15.2. The predicted octanol–water partition coefficient (Wildman–Crippen LogP) is 6.47. The molecule has 2 aliphatic heterocycles. The zero-order valence-corrected chi connectivity index (χ0v) is 20.0. The molecule has 1 fully saturated rings. The Hall–Kier alpha value is -2.86. The van der Waals surface area contributed by atoms with Crippen LogP contribution < -0.4 is 4.90 Å². The minimum atomic E-state index is -0.329. The number of para-hydroxylation sites is 1. The molecule has 0 saturated carbocycles. The Kier molecular flexibility index (Phi) is 5.99. The molecule has 1 saturated heterocycles. The normalized spacial score (nSPS) is 20.2. The number of hydrogen-bond acceptors (Lipinski definition) is 4. The van der Waals surface area contributed by atoms with Crippen LogP contribution in [0.3, 0.4) is 0 Å². The van der Waals surface area contributed by atoms with E-state index in [0.717, 1.165) is 29.1 Å². The molecule has 0 aromatic heterocycles. The summed E-state index contributed by atoms with van der Waals surface area (Å²) in [6, 6.07) is 13.0. The molecule has 166 valence electrons. The Balaban J connectivity index is 1.74. The maximum absolute atomic E-state index is 15.2. The number of hydrogen-bond donors (Lipinski definition) is 0. The standard InChI is InChI=1S/C26H28FN3OS/c1-6-29-24(31)23(32-25(29)28-19-11-9-8-10-12-19)14-18-13-20-17(3)16-26(4,5)30(7-2)22(20)15-21(18)27/h8-16H,6-7H2,1-5H3/b23-14+,28-25?. The van der Waals surface area contributed by atoms with Gasteiger partial charge in [-0.3, -0.25) is 9.69 Å². The van der Waals surface area contributed by atoms with Gasteiger partial charge in [-0.1, -0.05) is 24.3 Å². The van der Waals surface area contributed by atoms with Crippen molar-refractivity contribution in [1.82, 2.24) is 4.90 Å². The molecule has 0 unspecified atom stereocenters. The lowest BCUT2D eigenvalue weighted by Gasteiger charge is -2.42. The minimum Gasteiger partial charge on any atom is -0.363 e. The van der Waals surface area contributed by atoms with E-state index in [1.807, 2.05) is 43.3 Å². The third kappa shape index (κ3) is 3.99. The molecule has 2 heterocycles. The fourth-order valence-electron chi connectivity index (χ4n) is 4.43. The van der Waals surface area contributed by atoms with E-state index in [4.69, 9.17) is 0 Å². The summed E-state index contributed by atoms with van der Waals surface area (Å²) in [5.41, 5.74) is 4.02. The predicted molar refractivity (Wildman–Crippen MR) is 134 cm³/mol. The van der Waals surface area contributed by atoms with E-state index in [-0.39, 0.29) is 17.3 Å². The molecule has 0 spiro atoms. The number of aliphatic imine (C=N–C) groups is 1. The molecule has 1 amide bonds. The van der Waals surface area contributed by atoms with Gasteiger partial charge in [-0.2, -0.15) is 0 Å². The van der Waals surface area contributed by atoms with Crippen LogP contribution in [0.25, 0.3) is 11.6 Å². The number of amidine groups is 1. The number of carbonyl (C=O) groups is 1. The van der Waals surface area contributed by atoms with E-state index in [2.05, 4.69) is 43.7 Å². The van der Waals surface area contributed by atoms with E-state index in [0.29, 0.717) is 22.2 Å². The second kappa shape index (κ2) is 8.58.